The molecule has 7 aliphatic heterocycles. The molecule has 44 heavy (non-hydrogen) atoms. The number of aliphatic hydroxyl groups excluding tert-OH is 2. The van der Waals surface area contributed by atoms with Gasteiger partial charge in [0.2, 0.25) is 0 Å². The zero-order chi connectivity index (χ0) is 29.3. The van der Waals surface area contributed by atoms with Crippen LogP contribution in [0.25, 0.3) is 5.57 Å². The molecule has 6 nitrogen and oxygen atoms in total. The van der Waals surface area contributed by atoms with Crippen LogP contribution in [-0.2, 0) is 5.41 Å². The molecule has 3 fully saturated rings. The Bertz CT molecular complexity index is 1930. The number of anilines is 1. The molecule has 1 saturated carbocycles. The molecule has 2 aromatic rings. The second kappa shape index (κ2) is 8.94. The first-order valence-corrected chi connectivity index (χ1v) is 16.5. The SMILES string of the molecule is CCC1=CN2CCC3=c4ccccc4=NC3=C2C=C1C1=CN2c3ccccc3[C@]34CCN5C/C(=C\CO)[C@H](C[C@H]53)[C@@H]([C@@H]1O)[C@H]24. The Balaban J connectivity index is 1.19. The summed E-state index contributed by atoms with van der Waals surface area (Å²) in [6, 6.07) is 18.2. The summed E-state index contributed by atoms with van der Waals surface area (Å²) >= 11 is 0. The number of allylic oxidation sites excluding steroid dienone is 3. The molecule has 0 aromatic heterocycles. The van der Waals surface area contributed by atoms with Gasteiger partial charge in [-0.05, 0) is 78.6 Å². The lowest BCUT2D eigenvalue weighted by Crippen LogP contribution is -2.67. The smallest absolute Gasteiger partial charge is 0.0913 e. The number of hydrogen-bond acceptors (Lipinski definition) is 6. The summed E-state index contributed by atoms with van der Waals surface area (Å²) in [6.45, 7) is 5.21. The van der Waals surface area contributed by atoms with E-state index in [1.54, 1.807) is 0 Å². The van der Waals surface area contributed by atoms with E-state index in [9.17, 15) is 10.2 Å². The van der Waals surface area contributed by atoms with E-state index in [-0.39, 0.29) is 29.9 Å². The van der Waals surface area contributed by atoms with Gasteiger partial charge in [0.15, 0.2) is 0 Å². The van der Waals surface area contributed by atoms with Gasteiger partial charge in [-0.1, -0.05) is 55.0 Å². The van der Waals surface area contributed by atoms with Crippen LogP contribution in [0, 0.1) is 11.8 Å². The molecule has 6 heteroatoms. The van der Waals surface area contributed by atoms with Gasteiger partial charge in [0.05, 0.1) is 35.5 Å². The highest BCUT2D eigenvalue weighted by molar-refractivity contribution is 5.74. The van der Waals surface area contributed by atoms with Crippen LogP contribution in [0.4, 0.5) is 5.69 Å². The zero-order valence-corrected chi connectivity index (χ0v) is 25.2. The number of aliphatic hydroxyl groups is 2. The Labute approximate surface area is 258 Å². The number of nitrogens with zero attached hydrogens (tertiary/aromatic N) is 4. The lowest BCUT2D eigenvalue weighted by atomic mass is 9.53. The second-order valence-corrected chi connectivity index (χ2v) is 13.9. The minimum absolute atomic E-state index is 0.0268. The number of benzene rings is 2. The first kappa shape index (κ1) is 25.6. The van der Waals surface area contributed by atoms with Gasteiger partial charge in [-0.25, -0.2) is 4.99 Å². The Morgan fingerprint density at radius 1 is 1.07 bits per heavy atom. The highest BCUT2D eigenvalue weighted by Gasteiger charge is 2.69. The van der Waals surface area contributed by atoms with Crippen molar-refractivity contribution in [3.05, 3.63) is 123 Å². The van der Waals surface area contributed by atoms with Crippen molar-refractivity contribution >= 4 is 11.3 Å². The third-order valence-electron chi connectivity index (χ3n) is 12.4. The second-order valence-electron chi connectivity index (χ2n) is 13.9. The predicted molar refractivity (Wildman–Crippen MR) is 171 cm³/mol. The van der Waals surface area contributed by atoms with Crippen LogP contribution < -0.4 is 15.5 Å². The molecule has 7 heterocycles. The fraction of sp³-hybridized carbons (Fsp3) is 0.395. The average molecular weight is 583 g/mol. The van der Waals surface area contributed by atoms with E-state index < -0.39 is 6.10 Å². The van der Waals surface area contributed by atoms with Crippen molar-refractivity contribution in [2.24, 2.45) is 16.8 Å². The summed E-state index contributed by atoms with van der Waals surface area (Å²) in [4.78, 5) is 12.8. The van der Waals surface area contributed by atoms with E-state index in [2.05, 4.69) is 88.6 Å². The standard InChI is InChI=1S/C38H38N4O2/c1-2-22-19-40-14-11-25-24-7-3-5-9-30(24)39-35(25)32(40)17-26(22)28-21-42-31-10-6-4-8-29(31)38-13-15-41-20-23(12-16-43)27(18-33(38)41)34(36(28)44)37(38)42/h3-10,12,17,19,21,27,33-34,36-37,43-44H,2,11,13-16,18,20H2,1H3/b23-12+/t27-,33-,34-,36+,37-,38+/m0/s1. The maximum Gasteiger partial charge on any atom is 0.0913 e. The van der Waals surface area contributed by atoms with Crippen LogP contribution >= 0.6 is 0 Å². The summed E-state index contributed by atoms with van der Waals surface area (Å²) in [5.74, 6) is 0.307. The summed E-state index contributed by atoms with van der Waals surface area (Å²) in [5.41, 5.74) is 11.2. The van der Waals surface area contributed by atoms with Gasteiger partial charge in [0.25, 0.3) is 0 Å². The van der Waals surface area contributed by atoms with Crippen molar-refractivity contribution in [3.8, 4) is 0 Å². The molecule has 2 bridgehead atoms. The number of hydrogen-bond donors (Lipinski definition) is 2. The predicted octanol–water partition coefficient (Wildman–Crippen LogP) is 3.65. The lowest BCUT2D eigenvalue weighted by Gasteiger charge is -2.59. The topological polar surface area (TPSA) is 62.5 Å². The van der Waals surface area contributed by atoms with Gasteiger partial charge in [-0.15, -0.1) is 0 Å². The average Bonchev–Trinajstić information content (AvgIpc) is 3.73. The molecular weight excluding hydrogens is 544 g/mol. The molecule has 6 atom stereocenters. The van der Waals surface area contributed by atoms with Gasteiger partial charge in [-0.2, -0.15) is 0 Å². The Hall–Kier alpha value is -3.71. The van der Waals surface area contributed by atoms with Gasteiger partial charge in [0.1, 0.15) is 0 Å². The quantitative estimate of drug-likeness (QED) is 0.542. The van der Waals surface area contributed by atoms with Gasteiger partial charge >= 0.3 is 0 Å². The Morgan fingerprint density at radius 2 is 1.93 bits per heavy atom. The molecule has 2 N–H and O–H groups in total. The highest BCUT2D eigenvalue weighted by atomic mass is 16.3. The van der Waals surface area contributed by atoms with Crippen molar-refractivity contribution in [1.29, 1.82) is 0 Å². The minimum atomic E-state index is -0.592. The molecule has 2 saturated heterocycles. The van der Waals surface area contributed by atoms with Crippen LogP contribution in [0.2, 0.25) is 0 Å². The highest BCUT2D eigenvalue weighted by Crippen LogP contribution is 2.65. The van der Waals surface area contributed by atoms with Crippen LogP contribution in [0.5, 0.6) is 0 Å². The normalized spacial score (nSPS) is 35.0. The van der Waals surface area contributed by atoms with Crippen molar-refractivity contribution < 1.29 is 10.2 Å². The molecule has 222 valence electrons. The van der Waals surface area contributed by atoms with E-state index in [0.717, 1.165) is 73.2 Å². The molecular formula is C38H38N4O2. The summed E-state index contributed by atoms with van der Waals surface area (Å²) in [5, 5.41) is 25.1. The minimum Gasteiger partial charge on any atom is -0.392 e. The van der Waals surface area contributed by atoms with E-state index in [0.29, 0.717) is 6.04 Å². The molecule has 1 aliphatic carbocycles. The van der Waals surface area contributed by atoms with Gasteiger partial charge < -0.3 is 20.0 Å². The largest absolute Gasteiger partial charge is 0.392 e. The first-order chi connectivity index (χ1) is 21.6. The number of piperidine rings is 1. The fourth-order valence-corrected chi connectivity index (χ4v) is 10.7. The maximum atomic E-state index is 12.7. The molecule has 0 amide bonds. The number of para-hydroxylation sites is 2. The fourth-order valence-electron chi connectivity index (χ4n) is 10.7. The van der Waals surface area contributed by atoms with Gasteiger partial charge in [-0.3, -0.25) is 4.90 Å². The Kier molecular flexibility index (Phi) is 5.20. The molecule has 1 spiro atoms. The third kappa shape index (κ3) is 3.04. The molecule has 2 aromatic carbocycles. The van der Waals surface area contributed by atoms with Crippen LogP contribution in [0.3, 0.4) is 0 Å². The maximum absolute atomic E-state index is 12.7. The van der Waals surface area contributed by atoms with E-state index >= 15 is 0 Å². The molecule has 0 unspecified atom stereocenters. The van der Waals surface area contributed by atoms with Crippen LogP contribution in [0.1, 0.15) is 38.2 Å². The lowest BCUT2D eigenvalue weighted by molar-refractivity contribution is -0.00914. The first-order valence-electron chi connectivity index (χ1n) is 16.5. The Morgan fingerprint density at radius 3 is 2.82 bits per heavy atom. The van der Waals surface area contributed by atoms with Crippen molar-refractivity contribution in [3.63, 3.8) is 0 Å². The van der Waals surface area contributed by atoms with E-state index in [1.165, 1.54) is 33.2 Å². The number of rotatable bonds is 3. The van der Waals surface area contributed by atoms with Crippen LogP contribution in [0.15, 0.2) is 112 Å². The molecule has 10 rings (SSSR count). The zero-order valence-electron chi connectivity index (χ0n) is 25.2. The summed E-state index contributed by atoms with van der Waals surface area (Å²) < 4.78 is 0. The number of fused-ring (bicyclic) bond motifs is 7. The van der Waals surface area contributed by atoms with Crippen LogP contribution in [-0.4, -0.2) is 64.4 Å². The molecule has 8 aliphatic rings. The van der Waals surface area contributed by atoms with Crippen molar-refractivity contribution in [2.45, 2.75) is 56.2 Å². The van der Waals surface area contributed by atoms with E-state index in [1.807, 2.05) is 6.08 Å². The summed E-state index contributed by atoms with van der Waals surface area (Å²) in [7, 11) is 0. The third-order valence-corrected chi connectivity index (χ3v) is 12.4. The van der Waals surface area contributed by atoms with Gasteiger partial charge in [0, 0.05) is 59.3 Å². The molecule has 0 radical (unpaired) electrons. The van der Waals surface area contributed by atoms with E-state index in [4.69, 9.17) is 4.99 Å². The van der Waals surface area contributed by atoms with Crippen molar-refractivity contribution in [2.75, 3.05) is 31.1 Å². The van der Waals surface area contributed by atoms with Crippen molar-refractivity contribution in [1.82, 2.24) is 9.80 Å². The summed E-state index contributed by atoms with van der Waals surface area (Å²) in [6.07, 6.45) is 12.5. The monoisotopic (exact) mass is 582 g/mol.